The normalized spacial score (nSPS) is 12.5. The van der Waals surface area contributed by atoms with Gasteiger partial charge in [0.2, 0.25) is 5.91 Å². The standard InChI is InChI=1S/C9H20N4O3/c1-11-4-3-7(10)5-8(14)12-13(2)6-9(15)16/h7,11H,3-6,10H2,1-2H3,(H,12,14)(H,15,16)/t7-/m0/s1. The molecule has 0 spiro atoms. The zero-order valence-corrected chi connectivity index (χ0v) is 9.69. The number of hydrogen-bond acceptors (Lipinski definition) is 5. The molecule has 0 rings (SSSR count). The van der Waals surface area contributed by atoms with Gasteiger partial charge in [-0.3, -0.25) is 15.0 Å². The fourth-order valence-corrected chi connectivity index (χ4v) is 1.17. The molecule has 16 heavy (non-hydrogen) atoms. The molecule has 5 N–H and O–H groups in total. The molecule has 1 atom stereocenters. The summed E-state index contributed by atoms with van der Waals surface area (Å²) in [6.07, 6.45) is 0.887. The minimum Gasteiger partial charge on any atom is -0.480 e. The number of nitrogens with zero attached hydrogens (tertiary/aromatic N) is 1. The van der Waals surface area contributed by atoms with Gasteiger partial charge in [-0.05, 0) is 20.0 Å². The number of carboxylic acids is 1. The highest BCUT2D eigenvalue weighted by Crippen LogP contribution is 1.93. The molecule has 0 saturated carbocycles. The quantitative estimate of drug-likeness (QED) is 0.374. The van der Waals surface area contributed by atoms with Crippen LogP contribution in [-0.4, -0.2) is 55.2 Å². The van der Waals surface area contributed by atoms with E-state index in [1.807, 2.05) is 7.05 Å². The SMILES string of the molecule is CNCC[C@H](N)CC(=O)NN(C)CC(=O)O. The number of hydrazine groups is 1. The van der Waals surface area contributed by atoms with Gasteiger partial charge in [0.15, 0.2) is 0 Å². The zero-order chi connectivity index (χ0) is 12.6. The molecule has 0 radical (unpaired) electrons. The summed E-state index contributed by atoms with van der Waals surface area (Å²) in [5, 5.41) is 12.6. The number of carboxylic acid groups (broad SMARTS) is 1. The van der Waals surface area contributed by atoms with Crippen molar-refractivity contribution >= 4 is 11.9 Å². The van der Waals surface area contributed by atoms with Crippen LogP contribution in [0.3, 0.4) is 0 Å². The van der Waals surface area contributed by atoms with E-state index in [1.165, 1.54) is 12.1 Å². The molecule has 0 fully saturated rings. The van der Waals surface area contributed by atoms with Gasteiger partial charge in [0, 0.05) is 19.5 Å². The maximum atomic E-state index is 11.4. The average molecular weight is 232 g/mol. The highest BCUT2D eigenvalue weighted by atomic mass is 16.4. The van der Waals surface area contributed by atoms with Crippen LogP contribution >= 0.6 is 0 Å². The van der Waals surface area contributed by atoms with E-state index in [0.29, 0.717) is 6.42 Å². The van der Waals surface area contributed by atoms with E-state index in [0.717, 1.165) is 6.54 Å². The van der Waals surface area contributed by atoms with Crippen molar-refractivity contribution in [3.05, 3.63) is 0 Å². The minimum absolute atomic E-state index is 0.186. The van der Waals surface area contributed by atoms with Crippen molar-refractivity contribution in [3.8, 4) is 0 Å². The predicted molar refractivity (Wildman–Crippen MR) is 59.5 cm³/mol. The fraction of sp³-hybridized carbons (Fsp3) is 0.778. The number of hydrogen-bond donors (Lipinski definition) is 4. The fourth-order valence-electron chi connectivity index (χ4n) is 1.17. The van der Waals surface area contributed by atoms with Crippen molar-refractivity contribution in [1.29, 1.82) is 0 Å². The van der Waals surface area contributed by atoms with Crippen molar-refractivity contribution in [1.82, 2.24) is 15.8 Å². The Kier molecular flexibility index (Phi) is 7.44. The van der Waals surface area contributed by atoms with Crippen molar-refractivity contribution in [2.75, 3.05) is 27.2 Å². The van der Waals surface area contributed by atoms with Gasteiger partial charge in [-0.2, -0.15) is 0 Å². The first-order valence-corrected chi connectivity index (χ1v) is 5.08. The number of amides is 1. The maximum absolute atomic E-state index is 11.4. The third kappa shape index (κ3) is 8.16. The smallest absolute Gasteiger partial charge is 0.319 e. The lowest BCUT2D eigenvalue weighted by Crippen LogP contribution is -2.44. The third-order valence-corrected chi connectivity index (χ3v) is 1.90. The van der Waals surface area contributed by atoms with Crippen molar-refractivity contribution in [2.45, 2.75) is 18.9 Å². The molecular formula is C9H20N4O3. The molecule has 1 amide bonds. The maximum Gasteiger partial charge on any atom is 0.319 e. The van der Waals surface area contributed by atoms with Crippen LogP contribution < -0.4 is 16.5 Å². The first-order valence-electron chi connectivity index (χ1n) is 5.08. The molecule has 0 aromatic rings. The zero-order valence-electron chi connectivity index (χ0n) is 9.69. The summed E-state index contributed by atoms with van der Waals surface area (Å²) in [5.41, 5.74) is 8.13. The Hall–Kier alpha value is -1.18. The van der Waals surface area contributed by atoms with Crippen LogP contribution in [0.5, 0.6) is 0 Å². The van der Waals surface area contributed by atoms with E-state index in [9.17, 15) is 9.59 Å². The van der Waals surface area contributed by atoms with Gasteiger partial charge >= 0.3 is 5.97 Å². The van der Waals surface area contributed by atoms with Crippen LogP contribution in [0.2, 0.25) is 0 Å². The van der Waals surface area contributed by atoms with E-state index < -0.39 is 5.97 Å². The molecule has 0 unspecified atom stereocenters. The number of carbonyl (C=O) groups excluding carboxylic acids is 1. The highest BCUT2D eigenvalue weighted by Gasteiger charge is 2.11. The first kappa shape index (κ1) is 14.8. The molecule has 0 aliphatic heterocycles. The topological polar surface area (TPSA) is 108 Å². The molecule has 0 bridgehead atoms. The van der Waals surface area contributed by atoms with E-state index in [-0.39, 0.29) is 24.9 Å². The molecular weight excluding hydrogens is 212 g/mol. The third-order valence-electron chi connectivity index (χ3n) is 1.90. The van der Waals surface area contributed by atoms with Crippen molar-refractivity contribution in [3.63, 3.8) is 0 Å². The molecule has 7 nitrogen and oxygen atoms in total. The van der Waals surface area contributed by atoms with E-state index in [2.05, 4.69) is 10.7 Å². The summed E-state index contributed by atoms with van der Waals surface area (Å²) in [7, 11) is 3.30. The number of aliphatic carboxylic acids is 1. The Balaban J connectivity index is 3.76. The number of nitrogens with two attached hydrogens (primary N) is 1. The number of likely N-dealkylation sites (N-methyl/N-ethyl adjacent to an activating group) is 1. The largest absolute Gasteiger partial charge is 0.480 e. The summed E-state index contributed by atoms with van der Waals surface area (Å²) >= 11 is 0. The van der Waals surface area contributed by atoms with E-state index in [1.54, 1.807) is 0 Å². The Morgan fingerprint density at radius 3 is 2.62 bits per heavy atom. The lowest BCUT2D eigenvalue weighted by Gasteiger charge is -2.17. The summed E-state index contributed by atoms with van der Waals surface area (Å²) < 4.78 is 0. The van der Waals surface area contributed by atoms with Crippen LogP contribution in [-0.2, 0) is 9.59 Å². The molecule has 0 aliphatic rings. The van der Waals surface area contributed by atoms with E-state index in [4.69, 9.17) is 10.8 Å². The summed E-state index contributed by atoms with van der Waals surface area (Å²) in [6, 6.07) is -0.217. The summed E-state index contributed by atoms with van der Waals surface area (Å²) in [4.78, 5) is 21.7. The lowest BCUT2D eigenvalue weighted by atomic mass is 10.1. The Morgan fingerprint density at radius 2 is 2.12 bits per heavy atom. The van der Waals surface area contributed by atoms with Crippen LogP contribution in [0.15, 0.2) is 0 Å². The van der Waals surface area contributed by atoms with Gasteiger partial charge in [-0.25, -0.2) is 5.01 Å². The second-order valence-electron chi connectivity index (χ2n) is 3.64. The number of carbonyl (C=O) groups is 2. The first-order chi connectivity index (χ1) is 7.45. The van der Waals surface area contributed by atoms with Gasteiger partial charge in [0.05, 0.1) is 0 Å². The Morgan fingerprint density at radius 1 is 1.50 bits per heavy atom. The van der Waals surface area contributed by atoms with Gasteiger partial charge in [0.1, 0.15) is 6.54 Å². The molecule has 0 aromatic heterocycles. The van der Waals surface area contributed by atoms with Gasteiger partial charge in [-0.1, -0.05) is 0 Å². The number of rotatable bonds is 8. The Bertz CT molecular complexity index is 235. The highest BCUT2D eigenvalue weighted by molar-refractivity contribution is 5.76. The van der Waals surface area contributed by atoms with Gasteiger partial charge in [0.25, 0.3) is 0 Å². The second kappa shape index (κ2) is 8.03. The van der Waals surface area contributed by atoms with E-state index >= 15 is 0 Å². The molecule has 0 saturated heterocycles. The number of nitrogens with one attached hydrogen (secondary N) is 2. The van der Waals surface area contributed by atoms with Crippen molar-refractivity contribution in [2.24, 2.45) is 5.73 Å². The Labute approximate surface area is 94.9 Å². The average Bonchev–Trinajstić information content (AvgIpc) is 2.12. The van der Waals surface area contributed by atoms with Crippen molar-refractivity contribution < 1.29 is 14.7 Å². The van der Waals surface area contributed by atoms with Gasteiger partial charge in [-0.15, -0.1) is 0 Å². The van der Waals surface area contributed by atoms with Crippen LogP contribution in [0, 0.1) is 0 Å². The molecule has 0 aliphatic carbocycles. The lowest BCUT2D eigenvalue weighted by molar-refractivity contribution is -0.139. The minimum atomic E-state index is -0.998. The van der Waals surface area contributed by atoms with Crippen LogP contribution in [0.25, 0.3) is 0 Å². The predicted octanol–water partition coefficient (Wildman–Crippen LogP) is -1.64. The summed E-state index contributed by atoms with van der Waals surface area (Å²) in [5.74, 6) is -1.27. The van der Waals surface area contributed by atoms with Crippen LogP contribution in [0.1, 0.15) is 12.8 Å². The second-order valence-corrected chi connectivity index (χ2v) is 3.64. The summed E-state index contributed by atoms with van der Waals surface area (Å²) in [6.45, 7) is 0.511. The van der Waals surface area contributed by atoms with Crippen LogP contribution in [0.4, 0.5) is 0 Å². The molecule has 94 valence electrons. The monoisotopic (exact) mass is 232 g/mol. The molecule has 7 heteroatoms. The van der Waals surface area contributed by atoms with Gasteiger partial charge < -0.3 is 16.2 Å². The molecule has 0 heterocycles. The molecule has 0 aromatic carbocycles.